The molecule has 0 aromatic heterocycles. The molecule has 21 heavy (non-hydrogen) atoms. The van der Waals surface area contributed by atoms with E-state index in [1.165, 1.54) is 6.92 Å². The Kier molecular flexibility index (Phi) is 4.63. The minimum absolute atomic E-state index is 0.0166. The number of hydrogen-bond acceptors (Lipinski definition) is 4. The first-order valence-corrected chi connectivity index (χ1v) is 7.18. The molecule has 1 aromatic rings. The van der Waals surface area contributed by atoms with Crippen molar-refractivity contribution in [2.45, 2.75) is 26.4 Å². The molecule has 1 aliphatic heterocycles. The number of carbonyl (C=O) groups excluding carboxylic acids is 2. The second kappa shape index (κ2) is 6.26. The largest absolute Gasteiger partial charge is 0.479 e. The molecule has 1 aromatic carbocycles. The van der Waals surface area contributed by atoms with Crippen LogP contribution in [0.15, 0.2) is 18.2 Å². The number of ketones is 1. The monoisotopic (exact) mass is 290 g/mol. The number of amides is 1. The molecule has 114 valence electrons. The Morgan fingerprint density at radius 2 is 2.10 bits per heavy atom. The Morgan fingerprint density at radius 3 is 2.71 bits per heavy atom. The zero-order valence-corrected chi connectivity index (χ0v) is 13.0. The molecule has 1 amide bonds. The van der Waals surface area contributed by atoms with Crippen molar-refractivity contribution < 1.29 is 14.3 Å². The number of carbonyl (C=O) groups is 2. The summed E-state index contributed by atoms with van der Waals surface area (Å²) < 4.78 is 5.62. The van der Waals surface area contributed by atoms with Crippen LogP contribution in [0.2, 0.25) is 0 Å². The van der Waals surface area contributed by atoms with Crippen LogP contribution in [0.4, 0.5) is 5.69 Å². The van der Waals surface area contributed by atoms with Gasteiger partial charge in [0, 0.05) is 12.1 Å². The lowest BCUT2D eigenvalue weighted by Crippen LogP contribution is -2.45. The van der Waals surface area contributed by atoms with Crippen LogP contribution >= 0.6 is 0 Å². The van der Waals surface area contributed by atoms with Crippen molar-refractivity contribution in [1.82, 2.24) is 4.90 Å². The normalized spacial score (nSPS) is 17.7. The Bertz CT molecular complexity index is 554. The number of rotatable bonds is 5. The lowest BCUT2D eigenvalue weighted by atomic mass is 10.1. The fourth-order valence-corrected chi connectivity index (χ4v) is 2.40. The second-order valence-corrected chi connectivity index (χ2v) is 5.65. The highest BCUT2D eigenvalue weighted by atomic mass is 16.5. The van der Waals surface area contributed by atoms with E-state index in [9.17, 15) is 9.59 Å². The van der Waals surface area contributed by atoms with Gasteiger partial charge >= 0.3 is 0 Å². The van der Waals surface area contributed by atoms with E-state index >= 15 is 0 Å². The summed E-state index contributed by atoms with van der Waals surface area (Å²) in [5.74, 6) is 0.594. The first-order chi connectivity index (χ1) is 9.90. The van der Waals surface area contributed by atoms with E-state index in [0.717, 1.165) is 13.0 Å². The summed E-state index contributed by atoms with van der Waals surface area (Å²) in [6.07, 6.45) is 0.384. The topological polar surface area (TPSA) is 49.9 Å². The molecule has 0 saturated heterocycles. The quantitative estimate of drug-likeness (QED) is 0.778. The summed E-state index contributed by atoms with van der Waals surface area (Å²) in [6, 6.07) is 5.26. The smallest absolute Gasteiger partial charge is 0.267 e. The van der Waals surface area contributed by atoms with Gasteiger partial charge in [0.15, 0.2) is 11.9 Å². The number of benzene rings is 1. The first-order valence-electron chi connectivity index (χ1n) is 7.18. The molecular formula is C16H22N2O3. The van der Waals surface area contributed by atoms with Gasteiger partial charge in [0.1, 0.15) is 5.75 Å². The van der Waals surface area contributed by atoms with E-state index in [-0.39, 0.29) is 11.7 Å². The Hall–Kier alpha value is -1.88. The number of anilines is 1. The Balaban J connectivity index is 2.28. The van der Waals surface area contributed by atoms with Crippen LogP contribution in [-0.2, 0) is 4.79 Å². The van der Waals surface area contributed by atoms with Crippen molar-refractivity contribution in [3.05, 3.63) is 23.8 Å². The summed E-state index contributed by atoms with van der Waals surface area (Å²) >= 11 is 0. The lowest BCUT2D eigenvalue weighted by Gasteiger charge is -2.33. The highest BCUT2D eigenvalue weighted by Gasteiger charge is 2.31. The molecule has 1 heterocycles. The average Bonchev–Trinajstić information content (AvgIpc) is 2.42. The highest BCUT2D eigenvalue weighted by Crippen LogP contribution is 2.35. The van der Waals surface area contributed by atoms with Gasteiger partial charge in [0.25, 0.3) is 5.91 Å². The van der Waals surface area contributed by atoms with E-state index in [0.29, 0.717) is 23.5 Å². The molecule has 0 bridgehead atoms. The molecule has 2 rings (SSSR count). The molecule has 0 saturated carbocycles. The van der Waals surface area contributed by atoms with Crippen molar-refractivity contribution in [3.63, 3.8) is 0 Å². The van der Waals surface area contributed by atoms with Gasteiger partial charge in [-0.15, -0.1) is 0 Å². The molecule has 1 aliphatic rings. The van der Waals surface area contributed by atoms with Gasteiger partial charge in [-0.2, -0.15) is 0 Å². The maximum atomic E-state index is 12.3. The SMILES string of the molecule is CC(=O)c1ccc2c(c1)N(CCCN(C)C)C(=O)C(C)O2. The van der Waals surface area contributed by atoms with E-state index in [4.69, 9.17) is 4.74 Å². The number of fused-ring (bicyclic) bond motifs is 1. The van der Waals surface area contributed by atoms with Gasteiger partial charge in [-0.05, 0) is 59.1 Å². The van der Waals surface area contributed by atoms with Crippen LogP contribution in [0, 0.1) is 0 Å². The predicted molar refractivity (Wildman–Crippen MR) is 82.1 cm³/mol. The second-order valence-electron chi connectivity index (χ2n) is 5.65. The molecule has 1 unspecified atom stereocenters. The predicted octanol–water partition coefficient (Wildman–Crippen LogP) is 1.95. The fourth-order valence-electron chi connectivity index (χ4n) is 2.40. The van der Waals surface area contributed by atoms with E-state index in [1.807, 2.05) is 14.1 Å². The van der Waals surface area contributed by atoms with Crippen LogP contribution in [0.1, 0.15) is 30.6 Å². The van der Waals surface area contributed by atoms with E-state index in [2.05, 4.69) is 4.90 Å². The fraction of sp³-hybridized carbons (Fsp3) is 0.500. The molecular weight excluding hydrogens is 268 g/mol. The van der Waals surface area contributed by atoms with Gasteiger partial charge < -0.3 is 14.5 Å². The van der Waals surface area contributed by atoms with Gasteiger partial charge in [0.05, 0.1) is 5.69 Å². The van der Waals surface area contributed by atoms with Crippen LogP contribution in [-0.4, -0.2) is 49.9 Å². The Labute approximate surface area is 125 Å². The van der Waals surface area contributed by atoms with E-state index < -0.39 is 6.10 Å². The third-order valence-electron chi connectivity index (χ3n) is 3.56. The minimum Gasteiger partial charge on any atom is -0.479 e. The Morgan fingerprint density at radius 1 is 1.38 bits per heavy atom. The van der Waals surface area contributed by atoms with Gasteiger partial charge in [0.2, 0.25) is 0 Å². The van der Waals surface area contributed by atoms with Crippen LogP contribution in [0.3, 0.4) is 0 Å². The molecule has 5 heteroatoms. The van der Waals surface area contributed by atoms with Gasteiger partial charge in [-0.25, -0.2) is 0 Å². The molecule has 0 N–H and O–H groups in total. The molecule has 1 atom stereocenters. The van der Waals surface area contributed by atoms with E-state index in [1.54, 1.807) is 30.0 Å². The first kappa shape index (κ1) is 15.5. The third kappa shape index (κ3) is 3.42. The molecule has 0 radical (unpaired) electrons. The van der Waals surface area contributed by atoms with Crippen molar-refractivity contribution >= 4 is 17.4 Å². The molecule has 5 nitrogen and oxygen atoms in total. The lowest BCUT2D eigenvalue weighted by molar-refractivity contribution is -0.125. The zero-order chi connectivity index (χ0) is 15.6. The van der Waals surface area contributed by atoms with Crippen molar-refractivity contribution in [2.75, 3.05) is 32.1 Å². The van der Waals surface area contributed by atoms with Crippen molar-refractivity contribution in [2.24, 2.45) is 0 Å². The van der Waals surface area contributed by atoms with Crippen molar-refractivity contribution in [3.8, 4) is 5.75 Å². The highest BCUT2D eigenvalue weighted by molar-refractivity contribution is 6.02. The standard InChI is InChI=1S/C16H22N2O3/c1-11(19)13-6-7-15-14(10-13)18(9-5-8-17(3)4)16(20)12(2)21-15/h6-7,10,12H,5,8-9H2,1-4H3. The molecule has 0 fully saturated rings. The van der Waals surface area contributed by atoms with Crippen LogP contribution in [0.25, 0.3) is 0 Å². The number of nitrogens with zero attached hydrogens (tertiary/aromatic N) is 2. The summed E-state index contributed by atoms with van der Waals surface area (Å²) in [5, 5.41) is 0. The number of ether oxygens (including phenoxy) is 1. The van der Waals surface area contributed by atoms with Gasteiger partial charge in [-0.1, -0.05) is 0 Å². The average molecular weight is 290 g/mol. The molecule has 0 aliphatic carbocycles. The zero-order valence-electron chi connectivity index (χ0n) is 13.0. The van der Waals surface area contributed by atoms with Crippen molar-refractivity contribution in [1.29, 1.82) is 0 Å². The van der Waals surface area contributed by atoms with Crippen LogP contribution in [0.5, 0.6) is 5.75 Å². The third-order valence-corrected chi connectivity index (χ3v) is 3.56. The molecule has 0 spiro atoms. The van der Waals surface area contributed by atoms with Gasteiger partial charge in [-0.3, -0.25) is 9.59 Å². The maximum absolute atomic E-state index is 12.3. The minimum atomic E-state index is -0.486. The number of hydrogen-bond donors (Lipinski definition) is 0. The number of Topliss-reactive ketones (excluding diaryl/α,β-unsaturated/α-hetero) is 1. The summed E-state index contributed by atoms with van der Waals surface area (Å²) in [7, 11) is 4.01. The maximum Gasteiger partial charge on any atom is 0.267 e. The summed E-state index contributed by atoms with van der Waals surface area (Å²) in [4.78, 5) is 27.7. The van der Waals surface area contributed by atoms with Crippen LogP contribution < -0.4 is 9.64 Å². The summed E-state index contributed by atoms with van der Waals surface area (Å²) in [5.41, 5.74) is 1.29. The summed E-state index contributed by atoms with van der Waals surface area (Å²) in [6.45, 7) is 4.80.